The third kappa shape index (κ3) is 2.13. The summed E-state index contributed by atoms with van der Waals surface area (Å²) in [5, 5.41) is 19.5. The van der Waals surface area contributed by atoms with Gasteiger partial charge in [0.1, 0.15) is 0 Å². The van der Waals surface area contributed by atoms with Crippen LogP contribution in [0, 0.1) is 5.82 Å². The first-order chi connectivity index (χ1) is 9.03. The van der Waals surface area contributed by atoms with Crippen molar-refractivity contribution in [2.75, 3.05) is 7.11 Å². The van der Waals surface area contributed by atoms with Crippen molar-refractivity contribution in [1.29, 1.82) is 0 Å². The number of ether oxygens (including phenoxy) is 1. The molecule has 5 heteroatoms. The minimum absolute atomic E-state index is 0.0856. The highest BCUT2D eigenvalue weighted by molar-refractivity contribution is 5.82. The molecule has 0 bridgehead atoms. The van der Waals surface area contributed by atoms with E-state index < -0.39 is 23.0 Å². The molecule has 104 valence electrons. The van der Waals surface area contributed by atoms with Gasteiger partial charge in [0.05, 0.1) is 12.5 Å². The number of hydrogen-bond donors (Lipinski definition) is 2. The topological polar surface area (TPSA) is 66.8 Å². The summed E-state index contributed by atoms with van der Waals surface area (Å²) in [5.41, 5.74) is -1.03. The van der Waals surface area contributed by atoms with E-state index in [4.69, 9.17) is 4.74 Å². The molecule has 0 atom stereocenters. The fourth-order valence-electron chi connectivity index (χ4n) is 2.84. The Labute approximate surface area is 110 Å². The van der Waals surface area contributed by atoms with Gasteiger partial charge in [-0.1, -0.05) is 25.3 Å². The van der Waals surface area contributed by atoms with Crippen LogP contribution in [0.25, 0.3) is 0 Å². The van der Waals surface area contributed by atoms with Gasteiger partial charge in [0.15, 0.2) is 11.5 Å². The molecule has 1 aromatic carbocycles. The Kier molecular flexibility index (Phi) is 3.64. The number of carboxylic acid groups (broad SMARTS) is 1. The maximum Gasteiger partial charge on any atom is 0.314 e. The van der Waals surface area contributed by atoms with Gasteiger partial charge in [0.25, 0.3) is 0 Å². The summed E-state index contributed by atoms with van der Waals surface area (Å²) in [6, 6.07) is 2.82. The fraction of sp³-hybridized carbons (Fsp3) is 0.500. The van der Waals surface area contributed by atoms with Crippen LogP contribution in [0.1, 0.15) is 37.7 Å². The SMILES string of the molecule is COc1ccc(C2(C(=O)O)CCCCC2)c(O)c1F. The maximum absolute atomic E-state index is 13.9. The lowest BCUT2D eigenvalue weighted by atomic mass is 9.69. The van der Waals surface area contributed by atoms with Crippen LogP contribution < -0.4 is 4.74 Å². The molecule has 0 radical (unpaired) electrons. The highest BCUT2D eigenvalue weighted by Gasteiger charge is 2.43. The van der Waals surface area contributed by atoms with Gasteiger partial charge in [-0.05, 0) is 18.9 Å². The number of carbonyl (C=O) groups is 1. The molecule has 1 aliphatic rings. The predicted molar refractivity (Wildman–Crippen MR) is 67.0 cm³/mol. The lowest BCUT2D eigenvalue weighted by molar-refractivity contribution is -0.145. The van der Waals surface area contributed by atoms with E-state index in [9.17, 15) is 19.4 Å². The van der Waals surface area contributed by atoms with E-state index in [1.54, 1.807) is 0 Å². The molecule has 4 nitrogen and oxygen atoms in total. The average Bonchev–Trinajstić information content (AvgIpc) is 2.42. The Morgan fingerprint density at radius 2 is 1.95 bits per heavy atom. The van der Waals surface area contributed by atoms with E-state index >= 15 is 0 Å². The highest BCUT2D eigenvalue weighted by Crippen LogP contribution is 2.45. The molecule has 0 heterocycles. The second kappa shape index (κ2) is 5.07. The zero-order valence-electron chi connectivity index (χ0n) is 10.8. The van der Waals surface area contributed by atoms with Gasteiger partial charge in [-0.2, -0.15) is 4.39 Å². The standard InChI is InChI=1S/C14H17FO4/c1-19-10-6-5-9(12(16)11(10)15)14(13(17)18)7-3-2-4-8-14/h5-6,16H,2-4,7-8H2,1H3,(H,17,18). The number of carboxylic acids is 1. The summed E-state index contributed by atoms with van der Waals surface area (Å²) < 4.78 is 18.7. The van der Waals surface area contributed by atoms with Crippen molar-refractivity contribution in [3.05, 3.63) is 23.5 Å². The summed E-state index contributed by atoms with van der Waals surface area (Å²) in [5.74, 6) is -2.60. The van der Waals surface area contributed by atoms with Crippen LogP contribution in [0.15, 0.2) is 12.1 Å². The van der Waals surface area contributed by atoms with Gasteiger partial charge in [0, 0.05) is 5.56 Å². The van der Waals surface area contributed by atoms with Crippen molar-refractivity contribution in [2.24, 2.45) is 0 Å². The molecule has 1 aromatic rings. The number of aliphatic carboxylic acids is 1. The number of phenolic OH excluding ortho intramolecular Hbond substituents is 1. The summed E-state index contributed by atoms with van der Waals surface area (Å²) >= 11 is 0. The van der Waals surface area contributed by atoms with Crippen LogP contribution in [0.4, 0.5) is 4.39 Å². The normalized spacial score (nSPS) is 18.0. The third-order valence-corrected chi connectivity index (χ3v) is 3.93. The molecule has 19 heavy (non-hydrogen) atoms. The molecule has 2 N–H and O–H groups in total. The predicted octanol–water partition coefficient (Wildman–Crippen LogP) is 2.83. The number of halogens is 1. The molecule has 1 fully saturated rings. The van der Waals surface area contributed by atoms with E-state index in [2.05, 4.69) is 0 Å². The van der Waals surface area contributed by atoms with Gasteiger partial charge < -0.3 is 14.9 Å². The molecule has 0 spiro atoms. The second-order valence-electron chi connectivity index (χ2n) is 4.93. The lowest BCUT2D eigenvalue weighted by Crippen LogP contribution is -2.38. The quantitative estimate of drug-likeness (QED) is 0.884. The zero-order valence-corrected chi connectivity index (χ0v) is 10.8. The number of aromatic hydroxyl groups is 1. The van der Waals surface area contributed by atoms with Crippen LogP contribution in [0.2, 0.25) is 0 Å². The number of hydrogen-bond acceptors (Lipinski definition) is 3. The second-order valence-corrected chi connectivity index (χ2v) is 4.93. The van der Waals surface area contributed by atoms with E-state index in [0.29, 0.717) is 12.8 Å². The number of methoxy groups -OCH3 is 1. The van der Waals surface area contributed by atoms with Crippen molar-refractivity contribution in [2.45, 2.75) is 37.5 Å². The van der Waals surface area contributed by atoms with Crippen molar-refractivity contribution >= 4 is 5.97 Å². The first kappa shape index (κ1) is 13.6. The Morgan fingerprint density at radius 3 is 2.47 bits per heavy atom. The van der Waals surface area contributed by atoms with Crippen LogP contribution in [0.5, 0.6) is 11.5 Å². The summed E-state index contributed by atoms with van der Waals surface area (Å²) in [6.07, 6.45) is 3.33. The van der Waals surface area contributed by atoms with Crippen LogP contribution in [-0.4, -0.2) is 23.3 Å². The highest BCUT2D eigenvalue weighted by atomic mass is 19.1. The Balaban J connectivity index is 2.54. The first-order valence-corrected chi connectivity index (χ1v) is 6.32. The lowest BCUT2D eigenvalue weighted by Gasteiger charge is -2.34. The molecule has 0 aromatic heterocycles. The van der Waals surface area contributed by atoms with Crippen molar-refractivity contribution < 1.29 is 24.1 Å². The molecular formula is C14H17FO4. The Bertz CT molecular complexity index is 492. The van der Waals surface area contributed by atoms with E-state index in [1.165, 1.54) is 19.2 Å². The minimum atomic E-state index is -1.19. The first-order valence-electron chi connectivity index (χ1n) is 6.32. The van der Waals surface area contributed by atoms with E-state index in [0.717, 1.165) is 19.3 Å². The van der Waals surface area contributed by atoms with E-state index in [-0.39, 0.29) is 11.3 Å². The van der Waals surface area contributed by atoms with Crippen molar-refractivity contribution in [3.8, 4) is 11.5 Å². The van der Waals surface area contributed by atoms with Crippen LogP contribution in [-0.2, 0) is 10.2 Å². The molecule has 0 aliphatic heterocycles. The fourth-order valence-corrected chi connectivity index (χ4v) is 2.84. The Morgan fingerprint density at radius 1 is 1.32 bits per heavy atom. The molecule has 0 saturated heterocycles. The maximum atomic E-state index is 13.9. The molecule has 2 rings (SSSR count). The largest absolute Gasteiger partial charge is 0.505 e. The summed E-state index contributed by atoms with van der Waals surface area (Å²) in [7, 11) is 1.30. The molecule has 1 saturated carbocycles. The van der Waals surface area contributed by atoms with Crippen LogP contribution in [0.3, 0.4) is 0 Å². The van der Waals surface area contributed by atoms with Gasteiger partial charge in [-0.25, -0.2) is 0 Å². The van der Waals surface area contributed by atoms with Crippen molar-refractivity contribution in [1.82, 2.24) is 0 Å². The van der Waals surface area contributed by atoms with E-state index in [1.807, 2.05) is 0 Å². The molecule has 1 aliphatic carbocycles. The van der Waals surface area contributed by atoms with Gasteiger partial charge >= 0.3 is 5.97 Å². The number of phenols is 1. The van der Waals surface area contributed by atoms with Gasteiger partial charge in [-0.15, -0.1) is 0 Å². The van der Waals surface area contributed by atoms with Crippen molar-refractivity contribution in [3.63, 3.8) is 0 Å². The molecule has 0 amide bonds. The Hall–Kier alpha value is -1.78. The van der Waals surface area contributed by atoms with Gasteiger partial charge in [-0.3, -0.25) is 4.79 Å². The summed E-state index contributed by atoms with van der Waals surface area (Å²) in [4.78, 5) is 11.6. The third-order valence-electron chi connectivity index (χ3n) is 3.93. The summed E-state index contributed by atoms with van der Waals surface area (Å²) in [6.45, 7) is 0. The number of benzene rings is 1. The zero-order chi connectivity index (χ0) is 14.0. The smallest absolute Gasteiger partial charge is 0.314 e. The monoisotopic (exact) mass is 268 g/mol. The molecular weight excluding hydrogens is 251 g/mol. The minimum Gasteiger partial charge on any atom is -0.505 e. The molecule has 0 unspecified atom stereocenters. The van der Waals surface area contributed by atoms with Gasteiger partial charge in [0.2, 0.25) is 5.82 Å². The van der Waals surface area contributed by atoms with Crippen LogP contribution >= 0.6 is 0 Å². The average molecular weight is 268 g/mol. The number of rotatable bonds is 3.